The highest BCUT2D eigenvalue weighted by atomic mass is 16.5. The van der Waals surface area contributed by atoms with E-state index in [1.807, 2.05) is 49.5 Å². The predicted octanol–water partition coefficient (Wildman–Crippen LogP) is 3.42. The van der Waals surface area contributed by atoms with Crippen LogP contribution in [0.5, 0.6) is 5.75 Å². The number of likely N-dealkylation sites (N-methyl/N-ethyl adjacent to an activating group) is 1. The van der Waals surface area contributed by atoms with Gasteiger partial charge in [-0.2, -0.15) is 0 Å². The van der Waals surface area contributed by atoms with E-state index in [9.17, 15) is 5.11 Å². The molecule has 0 aliphatic carbocycles. The summed E-state index contributed by atoms with van der Waals surface area (Å²) in [7, 11) is 3.66. The quantitative estimate of drug-likeness (QED) is 0.882. The number of ether oxygens (including phenoxy) is 1. The maximum absolute atomic E-state index is 10.4. The SMILES string of the molecule is COc1cccc(C(O)CN(C)C(C)c2ccccc2)c1. The first-order valence-electron chi connectivity index (χ1n) is 7.19. The number of nitrogens with zero attached hydrogens (tertiary/aromatic N) is 1. The Morgan fingerprint density at radius 2 is 1.71 bits per heavy atom. The Hall–Kier alpha value is -1.84. The van der Waals surface area contributed by atoms with Crippen LogP contribution in [-0.2, 0) is 0 Å². The van der Waals surface area contributed by atoms with E-state index >= 15 is 0 Å². The van der Waals surface area contributed by atoms with Crippen molar-refractivity contribution in [2.45, 2.75) is 19.1 Å². The summed E-state index contributed by atoms with van der Waals surface area (Å²) in [5.74, 6) is 0.769. The lowest BCUT2D eigenvalue weighted by molar-refractivity contribution is 0.108. The summed E-state index contributed by atoms with van der Waals surface area (Å²) in [6, 6.07) is 18.2. The zero-order valence-electron chi connectivity index (χ0n) is 12.9. The van der Waals surface area contributed by atoms with Gasteiger partial charge in [0, 0.05) is 12.6 Å². The molecule has 2 aromatic rings. The van der Waals surface area contributed by atoms with E-state index in [0.717, 1.165) is 11.3 Å². The lowest BCUT2D eigenvalue weighted by Gasteiger charge is -2.27. The van der Waals surface area contributed by atoms with Gasteiger partial charge in [0.1, 0.15) is 5.75 Å². The second-order valence-corrected chi connectivity index (χ2v) is 5.32. The van der Waals surface area contributed by atoms with Crippen LogP contribution in [0.2, 0.25) is 0 Å². The molecule has 0 aliphatic rings. The maximum Gasteiger partial charge on any atom is 0.119 e. The number of benzene rings is 2. The fourth-order valence-electron chi connectivity index (χ4n) is 2.37. The minimum Gasteiger partial charge on any atom is -0.497 e. The Bertz CT molecular complexity index is 556. The van der Waals surface area contributed by atoms with Crippen LogP contribution in [0.4, 0.5) is 0 Å². The third kappa shape index (κ3) is 4.06. The first kappa shape index (κ1) is 15.5. The zero-order chi connectivity index (χ0) is 15.2. The number of rotatable bonds is 6. The van der Waals surface area contributed by atoms with E-state index in [1.54, 1.807) is 7.11 Å². The number of aliphatic hydroxyl groups is 1. The topological polar surface area (TPSA) is 32.7 Å². The molecule has 1 N–H and O–H groups in total. The van der Waals surface area contributed by atoms with Crippen molar-refractivity contribution < 1.29 is 9.84 Å². The van der Waals surface area contributed by atoms with E-state index in [0.29, 0.717) is 6.54 Å². The third-order valence-electron chi connectivity index (χ3n) is 3.88. The highest BCUT2D eigenvalue weighted by Gasteiger charge is 2.16. The van der Waals surface area contributed by atoms with Crippen LogP contribution in [0, 0.1) is 0 Å². The molecule has 0 spiro atoms. The molecule has 21 heavy (non-hydrogen) atoms. The fourth-order valence-corrected chi connectivity index (χ4v) is 2.37. The molecule has 0 saturated heterocycles. The van der Waals surface area contributed by atoms with Crippen molar-refractivity contribution >= 4 is 0 Å². The highest BCUT2D eigenvalue weighted by Crippen LogP contribution is 2.23. The molecule has 112 valence electrons. The Labute approximate surface area is 126 Å². The van der Waals surface area contributed by atoms with Crippen LogP contribution < -0.4 is 4.74 Å². The minimum absolute atomic E-state index is 0.256. The molecule has 2 atom stereocenters. The second kappa shape index (κ2) is 7.25. The fraction of sp³-hybridized carbons (Fsp3) is 0.333. The van der Waals surface area contributed by atoms with Crippen molar-refractivity contribution in [3.05, 3.63) is 65.7 Å². The molecule has 0 aliphatic heterocycles. The first-order valence-corrected chi connectivity index (χ1v) is 7.19. The van der Waals surface area contributed by atoms with Gasteiger partial charge >= 0.3 is 0 Å². The van der Waals surface area contributed by atoms with Crippen molar-refractivity contribution in [3.63, 3.8) is 0 Å². The molecule has 2 unspecified atom stereocenters. The molecule has 0 heterocycles. The molecular formula is C18H23NO2. The summed E-state index contributed by atoms with van der Waals surface area (Å²) in [5.41, 5.74) is 2.12. The summed E-state index contributed by atoms with van der Waals surface area (Å²) in [5, 5.41) is 10.4. The summed E-state index contributed by atoms with van der Waals surface area (Å²) in [6.07, 6.45) is -0.531. The number of aliphatic hydroxyl groups excluding tert-OH is 1. The molecule has 0 aromatic heterocycles. The minimum atomic E-state index is -0.531. The molecule has 3 heteroatoms. The molecule has 2 rings (SSSR count). The zero-order valence-corrected chi connectivity index (χ0v) is 12.9. The first-order chi connectivity index (χ1) is 10.1. The van der Waals surface area contributed by atoms with Crippen molar-refractivity contribution in [2.24, 2.45) is 0 Å². The van der Waals surface area contributed by atoms with Crippen LogP contribution in [0.1, 0.15) is 30.2 Å². The molecule has 0 bridgehead atoms. The highest BCUT2D eigenvalue weighted by molar-refractivity contribution is 5.30. The lowest BCUT2D eigenvalue weighted by atomic mass is 10.1. The van der Waals surface area contributed by atoms with Crippen molar-refractivity contribution in [3.8, 4) is 5.75 Å². The van der Waals surface area contributed by atoms with Crippen molar-refractivity contribution in [1.82, 2.24) is 4.90 Å². The van der Waals surface area contributed by atoms with Crippen LogP contribution in [0.25, 0.3) is 0 Å². The van der Waals surface area contributed by atoms with E-state index in [2.05, 4.69) is 24.0 Å². The number of methoxy groups -OCH3 is 1. The van der Waals surface area contributed by atoms with Gasteiger partial charge in [-0.25, -0.2) is 0 Å². The molecule has 0 saturated carbocycles. The Kier molecular flexibility index (Phi) is 5.37. The van der Waals surface area contributed by atoms with Gasteiger partial charge in [-0.15, -0.1) is 0 Å². The van der Waals surface area contributed by atoms with E-state index in [-0.39, 0.29) is 6.04 Å². The van der Waals surface area contributed by atoms with Crippen molar-refractivity contribution in [1.29, 1.82) is 0 Å². The van der Waals surface area contributed by atoms with Gasteiger partial charge in [-0.3, -0.25) is 4.90 Å². The van der Waals surface area contributed by atoms with Crippen molar-refractivity contribution in [2.75, 3.05) is 20.7 Å². The molecule has 0 fully saturated rings. The summed E-state index contributed by atoms with van der Waals surface area (Å²) in [6.45, 7) is 2.72. The monoisotopic (exact) mass is 285 g/mol. The average molecular weight is 285 g/mol. The predicted molar refractivity (Wildman–Crippen MR) is 85.4 cm³/mol. The van der Waals surface area contributed by atoms with E-state index in [1.165, 1.54) is 5.56 Å². The Morgan fingerprint density at radius 3 is 2.38 bits per heavy atom. The third-order valence-corrected chi connectivity index (χ3v) is 3.88. The maximum atomic E-state index is 10.4. The standard InChI is InChI=1S/C18H23NO2/c1-14(15-8-5-4-6-9-15)19(2)13-18(20)16-10-7-11-17(12-16)21-3/h4-12,14,18,20H,13H2,1-3H3. The summed E-state index contributed by atoms with van der Waals surface area (Å²) < 4.78 is 5.20. The smallest absolute Gasteiger partial charge is 0.119 e. The number of hydrogen-bond donors (Lipinski definition) is 1. The Morgan fingerprint density at radius 1 is 1.05 bits per heavy atom. The number of hydrogen-bond acceptors (Lipinski definition) is 3. The van der Waals surface area contributed by atoms with E-state index in [4.69, 9.17) is 4.74 Å². The average Bonchev–Trinajstić information content (AvgIpc) is 2.54. The molecule has 2 aromatic carbocycles. The normalized spacial score (nSPS) is 14.0. The van der Waals surface area contributed by atoms with Gasteiger partial charge < -0.3 is 9.84 Å². The van der Waals surface area contributed by atoms with Gasteiger partial charge in [0.25, 0.3) is 0 Å². The van der Waals surface area contributed by atoms with Crippen LogP contribution in [0.15, 0.2) is 54.6 Å². The second-order valence-electron chi connectivity index (χ2n) is 5.32. The summed E-state index contributed by atoms with van der Waals surface area (Å²) in [4.78, 5) is 2.15. The van der Waals surface area contributed by atoms with Gasteiger partial charge in [0.15, 0.2) is 0 Å². The van der Waals surface area contributed by atoms with Crippen LogP contribution in [0.3, 0.4) is 0 Å². The summed E-state index contributed by atoms with van der Waals surface area (Å²) >= 11 is 0. The van der Waals surface area contributed by atoms with Crippen LogP contribution in [-0.4, -0.2) is 30.7 Å². The van der Waals surface area contributed by atoms with Gasteiger partial charge in [0.05, 0.1) is 13.2 Å². The molecule has 3 nitrogen and oxygen atoms in total. The molecule has 0 amide bonds. The van der Waals surface area contributed by atoms with Gasteiger partial charge in [-0.05, 0) is 37.2 Å². The Balaban J connectivity index is 2.03. The van der Waals surface area contributed by atoms with Gasteiger partial charge in [-0.1, -0.05) is 42.5 Å². The molecular weight excluding hydrogens is 262 g/mol. The lowest BCUT2D eigenvalue weighted by Crippen LogP contribution is -2.27. The largest absolute Gasteiger partial charge is 0.497 e. The van der Waals surface area contributed by atoms with Gasteiger partial charge in [0.2, 0.25) is 0 Å². The van der Waals surface area contributed by atoms with E-state index < -0.39 is 6.10 Å². The van der Waals surface area contributed by atoms with Crippen LogP contribution >= 0.6 is 0 Å². The molecule has 0 radical (unpaired) electrons.